The first-order valence-corrected chi connectivity index (χ1v) is 4.57. The van der Waals surface area contributed by atoms with Gasteiger partial charge in [0.15, 0.2) is 17.7 Å². The van der Waals surface area contributed by atoms with Crippen molar-refractivity contribution in [1.29, 1.82) is 0 Å². The van der Waals surface area contributed by atoms with Gasteiger partial charge in [0.2, 0.25) is 5.69 Å². The summed E-state index contributed by atoms with van der Waals surface area (Å²) in [6, 6.07) is 13.8. The summed E-state index contributed by atoms with van der Waals surface area (Å²) < 4.78 is 2.04. The highest BCUT2D eigenvalue weighted by Crippen LogP contribution is 2.04. The first kappa shape index (κ1) is 11.6. The van der Waals surface area contributed by atoms with E-state index in [1.165, 1.54) is 5.34 Å². The van der Waals surface area contributed by atoms with Crippen LogP contribution in [0, 0.1) is 4.91 Å². The van der Waals surface area contributed by atoms with Crippen LogP contribution >= 0.6 is 0 Å². The summed E-state index contributed by atoms with van der Waals surface area (Å²) in [6.45, 7) is 0. The monoisotopic (exact) mass is 218 g/mol. The van der Waals surface area contributed by atoms with E-state index in [-0.39, 0.29) is 0 Å². The average Bonchev–Trinajstić information content (AvgIpc) is 2.32. The summed E-state index contributed by atoms with van der Waals surface area (Å²) in [5.74, 6) is 0. The molecule has 5 nitrogen and oxygen atoms in total. The lowest BCUT2D eigenvalue weighted by Crippen LogP contribution is -2.28. The van der Waals surface area contributed by atoms with Crippen molar-refractivity contribution < 1.29 is 9.77 Å². The molecule has 1 aromatic carbocycles. The van der Waals surface area contributed by atoms with E-state index in [1.807, 2.05) is 59.4 Å². The van der Waals surface area contributed by atoms with Crippen molar-refractivity contribution in [2.24, 2.45) is 5.34 Å². The molecule has 2 rings (SSSR count). The molecule has 1 heterocycles. The molecule has 1 aromatic heterocycles. The van der Waals surface area contributed by atoms with Gasteiger partial charge in [0.1, 0.15) is 0 Å². The van der Waals surface area contributed by atoms with Gasteiger partial charge in [0.05, 0.1) is 0 Å². The number of nitrogen functional groups attached to an aromatic ring is 1. The highest BCUT2D eigenvalue weighted by Gasteiger charge is 2.01. The van der Waals surface area contributed by atoms with Crippen LogP contribution in [0.1, 0.15) is 0 Å². The van der Waals surface area contributed by atoms with Crippen LogP contribution in [0.2, 0.25) is 0 Å². The van der Waals surface area contributed by atoms with Crippen LogP contribution in [0.5, 0.6) is 0 Å². The molecule has 0 fully saturated rings. The number of rotatable bonds is 1. The number of aromatic nitrogens is 1. The first-order valence-electron chi connectivity index (χ1n) is 4.57. The van der Waals surface area contributed by atoms with Crippen molar-refractivity contribution in [2.45, 2.75) is 0 Å². The number of hydrogen-bond donors (Lipinski definition) is 2. The summed E-state index contributed by atoms with van der Waals surface area (Å²) >= 11 is 0. The van der Waals surface area contributed by atoms with E-state index in [0.717, 1.165) is 11.4 Å². The molecule has 0 aliphatic heterocycles. The number of nitrogens with two attached hydrogens (primary N) is 1. The summed E-state index contributed by atoms with van der Waals surface area (Å²) in [4.78, 5) is 8.11. The molecule has 0 aliphatic carbocycles. The lowest BCUT2D eigenvalue weighted by Gasteiger charge is -1.94. The zero-order valence-electron chi connectivity index (χ0n) is 8.52. The predicted molar refractivity (Wildman–Crippen MR) is 60.0 cm³/mol. The van der Waals surface area contributed by atoms with Crippen LogP contribution in [0.3, 0.4) is 0 Å². The number of hydrogen-bond acceptors (Lipinski definition) is 3. The van der Waals surface area contributed by atoms with Crippen LogP contribution in [0.4, 0.5) is 5.69 Å². The number of benzene rings is 1. The third-order valence-electron chi connectivity index (χ3n) is 1.91. The summed E-state index contributed by atoms with van der Waals surface area (Å²) in [7, 11) is 0. The highest BCUT2D eigenvalue weighted by atomic mass is 16.6. The molecule has 0 spiro atoms. The van der Waals surface area contributed by atoms with Crippen molar-refractivity contribution in [3.05, 3.63) is 59.8 Å². The molecule has 82 valence electrons. The number of nitrogens with zero attached hydrogens (tertiary/aromatic N) is 2. The van der Waals surface area contributed by atoms with Gasteiger partial charge >= 0.3 is 0 Å². The average molecular weight is 218 g/mol. The molecule has 0 atom stereocenters. The molecule has 0 unspecified atom stereocenters. The Hall–Kier alpha value is -2.43. The largest absolute Gasteiger partial charge is 0.399 e. The van der Waals surface area contributed by atoms with Crippen LogP contribution in [-0.4, -0.2) is 5.21 Å². The van der Waals surface area contributed by atoms with E-state index in [2.05, 4.69) is 0 Å². The maximum atomic E-state index is 8.11. The third kappa shape index (κ3) is 3.38. The normalized spacial score (nSPS) is 8.75. The summed E-state index contributed by atoms with van der Waals surface area (Å²) in [5.41, 5.74) is 7.51. The maximum absolute atomic E-state index is 8.11. The number of pyridine rings is 1. The van der Waals surface area contributed by atoms with Crippen molar-refractivity contribution in [1.82, 2.24) is 0 Å². The van der Waals surface area contributed by atoms with Crippen LogP contribution in [0.25, 0.3) is 5.69 Å². The minimum absolute atomic E-state index is 0.792. The molecule has 16 heavy (non-hydrogen) atoms. The lowest BCUT2D eigenvalue weighted by molar-refractivity contribution is -0.595. The van der Waals surface area contributed by atoms with Gasteiger partial charge in [0, 0.05) is 30.0 Å². The second-order valence-electron chi connectivity index (χ2n) is 2.96. The summed E-state index contributed by atoms with van der Waals surface area (Å²) in [5, 5.41) is 7.89. The van der Waals surface area contributed by atoms with E-state index in [0.29, 0.717) is 0 Å². The van der Waals surface area contributed by atoms with Gasteiger partial charge < -0.3 is 10.9 Å². The second kappa shape index (κ2) is 6.13. The van der Waals surface area contributed by atoms with Gasteiger partial charge in [-0.05, 0) is 12.1 Å². The fraction of sp³-hybridized carbons (Fsp3) is 0. The molecule has 0 aliphatic rings. The molecule has 0 radical (unpaired) electrons. The van der Waals surface area contributed by atoms with Gasteiger partial charge in [-0.2, -0.15) is 4.57 Å². The van der Waals surface area contributed by atoms with Crippen LogP contribution in [0.15, 0.2) is 60.2 Å². The van der Waals surface area contributed by atoms with E-state index in [9.17, 15) is 0 Å². The Bertz CT molecular complexity index is 429. The topological polar surface area (TPSA) is 79.6 Å². The Labute approximate surface area is 92.7 Å². The van der Waals surface area contributed by atoms with Gasteiger partial charge in [-0.25, -0.2) is 0 Å². The van der Waals surface area contributed by atoms with Gasteiger partial charge in [-0.3, -0.25) is 0 Å². The van der Waals surface area contributed by atoms with E-state index in [4.69, 9.17) is 15.8 Å². The van der Waals surface area contributed by atoms with E-state index in [1.54, 1.807) is 0 Å². The first-order chi connectivity index (χ1) is 7.77. The molecule has 0 amide bonds. The SMILES string of the molecule is Nc1ccc(-[n+]2ccccc2)cc1.O=NO. The van der Waals surface area contributed by atoms with Crippen molar-refractivity contribution >= 4 is 5.69 Å². The Kier molecular flexibility index (Phi) is 4.46. The molecule has 0 saturated carbocycles. The Morgan fingerprint density at radius 2 is 1.56 bits per heavy atom. The fourth-order valence-electron chi connectivity index (χ4n) is 1.22. The number of anilines is 1. The van der Waals surface area contributed by atoms with E-state index < -0.39 is 0 Å². The molecule has 2 aromatic rings. The zero-order valence-corrected chi connectivity index (χ0v) is 8.52. The third-order valence-corrected chi connectivity index (χ3v) is 1.91. The second-order valence-corrected chi connectivity index (χ2v) is 2.96. The predicted octanol–water partition coefficient (Wildman–Crippen LogP) is 1.69. The van der Waals surface area contributed by atoms with Crippen LogP contribution < -0.4 is 10.3 Å². The Morgan fingerprint density at radius 3 is 2.06 bits per heavy atom. The molecular weight excluding hydrogens is 206 g/mol. The van der Waals surface area contributed by atoms with Crippen molar-refractivity contribution in [2.75, 3.05) is 5.73 Å². The van der Waals surface area contributed by atoms with Gasteiger partial charge in [-0.15, -0.1) is 4.91 Å². The Balaban J connectivity index is 0.000000386. The molecular formula is C11H12N3O2+. The zero-order chi connectivity index (χ0) is 11.8. The smallest absolute Gasteiger partial charge is 0.210 e. The van der Waals surface area contributed by atoms with E-state index >= 15 is 0 Å². The van der Waals surface area contributed by atoms with Crippen molar-refractivity contribution in [3.8, 4) is 5.69 Å². The fourth-order valence-corrected chi connectivity index (χ4v) is 1.22. The minimum Gasteiger partial charge on any atom is -0.399 e. The summed E-state index contributed by atoms with van der Waals surface area (Å²) in [6.07, 6.45) is 4.01. The lowest BCUT2D eigenvalue weighted by atomic mass is 10.3. The molecule has 5 heteroatoms. The Morgan fingerprint density at radius 1 is 1.06 bits per heavy atom. The quantitative estimate of drug-likeness (QED) is 0.331. The van der Waals surface area contributed by atoms with Gasteiger partial charge in [-0.1, -0.05) is 6.07 Å². The van der Waals surface area contributed by atoms with Gasteiger partial charge in [0.25, 0.3) is 0 Å². The van der Waals surface area contributed by atoms with Crippen LogP contribution in [-0.2, 0) is 0 Å². The van der Waals surface area contributed by atoms with Crippen molar-refractivity contribution in [3.63, 3.8) is 0 Å². The molecule has 0 saturated heterocycles. The minimum atomic E-state index is 0.792. The molecule has 3 N–H and O–H groups in total. The standard InChI is InChI=1S/C11H11N2.HNO2/c12-10-4-6-11(7-5-10)13-8-2-1-3-9-13;2-1-3/h1-9H,12H2;(H,2,3)/q+1;. The maximum Gasteiger partial charge on any atom is 0.210 e. The highest BCUT2D eigenvalue weighted by molar-refractivity contribution is 5.41. The molecule has 0 bridgehead atoms.